The van der Waals surface area contributed by atoms with Crippen molar-refractivity contribution in [2.75, 3.05) is 43.9 Å². The second-order valence-corrected chi connectivity index (χ2v) is 11.4. The van der Waals surface area contributed by atoms with E-state index in [-0.39, 0.29) is 22.7 Å². The first kappa shape index (κ1) is 27.2. The van der Waals surface area contributed by atoms with Crippen LogP contribution >= 0.6 is 0 Å². The molecule has 4 N–H and O–H groups in total. The van der Waals surface area contributed by atoms with Gasteiger partial charge in [0, 0.05) is 81.5 Å². The van der Waals surface area contributed by atoms with Crippen molar-refractivity contribution in [2.45, 2.75) is 18.6 Å². The predicted octanol–water partition coefficient (Wildman–Crippen LogP) is 3.15. The minimum atomic E-state index is -1.35. The number of H-pyrrole nitrogens is 1. The van der Waals surface area contributed by atoms with Gasteiger partial charge in [-0.05, 0) is 19.5 Å². The van der Waals surface area contributed by atoms with Crippen molar-refractivity contribution in [2.24, 2.45) is 13.0 Å². The third kappa shape index (κ3) is 3.98. The molecule has 11 nitrogen and oxygen atoms in total. The molecule has 0 spiro atoms. The fourth-order valence-electron chi connectivity index (χ4n) is 6.90. The second kappa shape index (κ2) is 9.71. The van der Waals surface area contributed by atoms with Crippen LogP contribution in [0, 0.1) is 17.6 Å². The largest absolute Gasteiger partial charge is 0.477 e. The number of carboxylic acids is 1. The number of pyridine rings is 3. The Morgan fingerprint density at radius 2 is 1.93 bits per heavy atom. The van der Waals surface area contributed by atoms with Crippen LogP contribution in [0.25, 0.3) is 44.1 Å². The van der Waals surface area contributed by atoms with Crippen molar-refractivity contribution in [1.29, 1.82) is 0 Å². The van der Waals surface area contributed by atoms with Crippen LogP contribution in [0.3, 0.4) is 0 Å². The molecule has 0 aliphatic carbocycles. The molecular formula is C30H29F2N7O4. The highest BCUT2D eigenvalue weighted by atomic mass is 19.2. The summed E-state index contributed by atoms with van der Waals surface area (Å²) in [7, 11) is 5.24. The van der Waals surface area contributed by atoms with E-state index < -0.39 is 34.7 Å². The number of anilines is 2. The Balaban J connectivity index is 1.54. The Kier molecular flexibility index (Phi) is 6.15. The van der Waals surface area contributed by atoms with E-state index in [2.05, 4.69) is 30.1 Å². The molecule has 222 valence electrons. The third-order valence-corrected chi connectivity index (χ3v) is 9.08. The number of aliphatic hydroxyl groups excluding tert-OH is 1. The number of aliphatic hydroxyl groups is 1. The number of likely N-dealkylation sites (tertiary alicyclic amines) is 1. The summed E-state index contributed by atoms with van der Waals surface area (Å²) in [4.78, 5) is 41.5. The van der Waals surface area contributed by atoms with Crippen LogP contribution < -0.4 is 15.6 Å². The Bertz CT molecular complexity index is 2020. The fourth-order valence-corrected chi connectivity index (χ4v) is 6.90. The molecule has 0 amide bonds. The zero-order chi connectivity index (χ0) is 30.3. The van der Waals surface area contributed by atoms with Gasteiger partial charge in [0.25, 0.3) is 0 Å². The van der Waals surface area contributed by atoms with E-state index in [9.17, 15) is 24.2 Å². The maximum Gasteiger partial charge on any atom is 0.341 e. The number of piperidine rings is 1. The van der Waals surface area contributed by atoms with Gasteiger partial charge in [-0.1, -0.05) is 0 Å². The van der Waals surface area contributed by atoms with Crippen molar-refractivity contribution in [3.63, 3.8) is 0 Å². The maximum absolute atomic E-state index is 15.7. The lowest BCUT2D eigenvalue weighted by molar-refractivity contribution is 0.0185. The maximum atomic E-state index is 15.7. The lowest BCUT2D eigenvalue weighted by Crippen LogP contribution is -2.48. The quantitative estimate of drug-likeness (QED) is 0.249. The van der Waals surface area contributed by atoms with Gasteiger partial charge in [-0.2, -0.15) is 0 Å². The molecule has 4 aromatic heterocycles. The van der Waals surface area contributed by atoms with E-state index >= 15 is 4.39 Å². The van der Waals surface area contributed by atoms with E-state index in [0.717, 1.165) is 12.6 Å². The Hall–Kier alpha value is -4.62. The first-order chi connectivity index (χ1) is 20.6. The SMILES string of the molecule is CNc1cc(F)c(F)c2c1[nH]c1ncc(-c3cnc4c(c3)c(=O)c(C(=O)O)cn4C)c(N3CC4[C@H](C3)C(O)CCN4C)c12. The molecule has 13 heteroatoms. The molecule has 2 unspecified atom stereocenters. The molecule has 2 aliphatic rings. The lowest BCUT2D eigenvalue weighted by atomic mass is 9.90. The van der Waals surface area contributed by atoms with Crippen LogP contribution in [-0.4, -0.2) is 86.5 Å². The van der Waals surface area contributed by atoms with E-state index in [0.29, 0.717) is 64.2 Å². The number of rotatable bonds is 4. The van der Waals surface area contributed by atoms with Gasteiger partial charge in [0.2, 0.25) is 5.43 Å². The summed E-state index contributed by atoms with van der Waals surface area (Å²) < 4.78 is 32.1. The van der Waals surface area contributed by atoms with Crippen molar-refractivity contribution in [3.8, 4) is 11.1 Å². The number of aryl methyl sites for hydroxylation is 1. The highest BCUT2D eigenvalue weighted by Crippen LogP contribution is 2.45. The molecule has 43 heavy (non-hydrogen) atoms. The lowest BCUT2D eigenvalue weighted by Gasteiger charge is -2.36. The zero-order valence-corrected chi connectivity index (χ0v) is 23.7. The highest BCUT2D eigenvalue weighted by Gasteiger charge is 2.43. The molecule has 5 aromatic rings. The van der Waals surface area contributed by atoms with Gasteiger partial charge in [0.15, 0.2) is 11.6 Å². The summed E-state index contributed by atoms with van der Waals surface area (Å²) in [6.07, 6.45) is 4.50. The number of nitrogens with zero attached hydrogens (tertiary/aromatic N) is 5. The van der Waals surface area contributed by atoms with Crippen LogP contribution in [0.4, 0.5) is 20.2 Å². The van der Waals surface area contributed by atoms with Gasteiger partial charge in [0.05, 0.1) is 39.2 Å². The van der Waals surface area contributed by atoms with Crippen LogP contribution in [0.5, 0.6) is 0 Å². The number of likely N-dealkylation sites (N-methyl/N-ethyl adjacent to an activating group) is 1. The third-order valence-electron chi connectivity index (χ3n) is 9.08. The Labute approximate surface area is 243 Å². The van der Waals surface area contributed by atoms with E-state index in [1.165, 1.54) is 10.8 Å². The van der Waals surface area contributed by atoms with Crippen LogP contribution in [0.1, 0.15) is 16.8 Å². The monoisotopic (exact) mass is 589 g/mol. The number of benzene rings is 1. The number of hydrogen-bond donors (Lipinski definition) is 4. The van der Waals surface area contributed by atoms with E-state index in [4.69, 9.17) is 0 Å². The molecule has 2 fully saturated rings. The van der Waals surface area contributed by atoms with Crippen molar-refractivity contribution < 1.29 is 23.8 Å². The number of carbonyl (C=O) groups is 1. The number of nitrogens with one attached hydrogen (secondary N) is 2. The van der Waals surface area contributed by atoms with Crippen LogP contribution in [0.15, 0.2) is 35.5 Å². The molecule has 0 bridgehead atoms. The average molecular weight is 590 g/mol. The molecule has 2 aliphatic heterocycles. The van der Waals surface area contributed by atoms with Crippen LogP contribution in [-0.2, 0) is 7.05 Å². The molecule has 2 saturated heterocycles. The smallest absolute Gasteiger partial charge is 0.341 e. The Morgan fingerprint density at radius 3 is 2.65 bits per heavy atom. The van der Waals surface area contributed by atoms with Gasteiger partial charge in [0.1, 0.15) is 16.9 Å². The van der Waals surface area contributed by atoms with Gasteiger partial charge in [-0.3, -0.25) is 4.79 Å². The van der Waals surface area contributed by atoms with E-state index in [1.54, 1.807) is 32.6 Å². The van der Waals surface area contributed by atoms with Crippen LogP contribution in [0.2, 0.25) is 0 Å². The molecule has 1 aromatic carbocycles. The Morgan fingerprint density at radius 1 is 1.14 bits per heavy atom. The number of halogens is 2. The molecule has 3 atom stereocenters. The topological polar surface area (TPSA) is 140 Å². The summed E-state index contributed by atoms with van der Waals surface area (Å²) in [5.74, 6) is -3.47. The molecule has 7 rings (SSSR count). The second-order valence-electron chi connectivity index (χ2n) is 11.4. The van der Waals surface area contributed by atoms with Gasteiger partial charge in [-0.25, -0.2) is 23.5 Å². The number of hydrogen-bond acceptors (Lipinski definition) is 8. The predicted molar refractivity (Wildman–Crippen MR) is 159 cm³/mol. The zero-order valence-electron chi connectivity index (χ0n) is 23.7. The summed E-state index contributed by atoms with van der Waals surface area (Å²) in [5.41, 5.74) is 1.82. The fraction of sp³-hybridized carbons (Fsp3) is 0.333. The highest BCUT2D eigenvalue weighted by molar-refractivity contribution is 6.18. The summed E-state index contributed by atoms with van der Waals surface area (Å²) >= 11 is 0. The standard InChI is InChI=1S/C30H29F2N7O4/c1-33-19-7-18(31)24(32)22-23-26(39-11-16-20(12-39)37(2)5-4-21(16)40)15(9-34-28(23)36-25(19)22)13-6-14-27(41)17(30(42)43)10-38(3)29(14)35-8-13/h6-10,16,20-21,33,40H,4-5,11-12H2,1-3H3,(H,34,36)(H,42,43)/t16-,20?,21?/m0/s1. The number of aromatic carboxylic acids is 1. The minimum Gasteiger partial charge on any atom is -0.477 e. The number of carboxylic acid groups (broad SMARTS) is 1. The molecule has 0 saturated carbocycles. The summed E-state index contributed by atoms with van der Waals surface area (Å²) in [6.45, 7) is 1.70. The van der Waals surface area contributed by atoms with Crippen molar-refractivity contribution >= 4 is 50.3 Å². The summed E-state index contributed by atoms with van der Waals surface area (Å²) in [6, 6.07) is 2.68. The van der Waals surface area contributed by atoms with Gasteiger partial charge < -0.3 is 34.9 Å². The first-order valence-corrected chi connectivity index (χ1v) is 14.0. The minimum absolute atomic E-state index is 0.0274. The molecule has 6 heterocycles. The molecule has 0 radical (unpaired) electrons. The number of aromatic nitrogens is 4. The first-order valence-electron chi connectivity index (χ1n) is 14.0. The number of aromatic amines is 1. The number of fused-ring (bicyclic) bond motifs is 5. The van der Waals surface area contributed by atoms with E-state index in [1.807, 2.05) is 7.05 Å². The van der Waals surface area contributed by atoms with Gasteiger partial charge >= 0.3 is 5.97 Å². The summed E-state index contributed by atoms with van der Waals surface area (Å²) in [5, 5.41) is 23.9. The average Bonchev–Trinajstić information content (AvgIpc) is 3.61. The van der Waals surface area contributed by atoms with Crippen molar-refractivity contribution in [3.05, 3.63) is 58.1 Å². The van der Waals surface area contributed by atoms with Crippen molar-refractivity contribution in [1.82, 2.24) is 24.4 Å². The molecular weight excluding hydrogens is 560 g/mol. The van der Waals surface area contributed by atoms with Gasteiger partial charge in [-0.15, -0.1) is 0 Å². The normalized spacial score (nSPS) is 20.8.